The van der Waals surface area contributed by atoms with Gasteiger partial charge in [-0.25, -0.2) is 0 Å². The average molecular weight is 290 g/mol. The van der Waals surface area contributed by atoms with Crippen LogP contribution in [-0.4, -0.2) is 27.5 Å². The van der Waals surface area contributed by atoms with Gasteiger partial charge >= 0.3 is 0 Å². The summed E-state index contributed by atoms with van der Waals surface area (Å²) in [4.78, 5) is 16.3. The molecular formula is C15H22N4O2. The molecule has 1 aliphatic rings. The predicted octanol–water partition coefficient (Wildman–Crippen LogP) is 1.90. The highest BCUT2D eigenvalue weighted by Crippen LogP contribution is 2.34. The number of rotatable bonds is 4. The topological polar surface area (TPSA) is 101 Å². The number of carbonyl (C=O) groups excluding carboxylic acids is 1. The fourth-order valence-corrected chi connectivity index (χ4v) is 2.91. The molecule has 21 heavy (non-hydrogen) atoms. The van der Waals surface area contributed by atoms with Gasteiger partial charge < -0.3 is 16.3 Å². The van der Waals surface area contributed by atoms with Gasteiger partial charge in [0.15, 0.2) is 5.84 Å². The van der Waals surface area contributed by atoms with Crippen molar-refractivity contribution in [2.45, 2.75) is 44.6 Å². The number of nitrogens with two attached hydrogens (primary N) is 1. The third kappa shape index (κ3) is 3.32. The van der Waals surface area contributed by atoms with Gasteiger partial charge in [0.25, 0.3) is 5.91 Å². The van der Waals surface area contributed by atoms with E-state index in [0.29, 0.717) is 24.3 Å². The lowest BCUT2D eigenvalue weighted by molar-refractivity contribution is 0.0895. The number of pyridine rings is 1. The smallest absolute Gasteiger partial charge is 0.252 e. The fraction of sp³-hybridized carbons (Fsp3) is 0.533. The lowest BCUT2D eigenvalue weighted by Crippen LogP contribution is -2.59. The summed E-state index contributed by atoms with van der Waals surface area (Å²) in [5.74, 6) is 0.501. The normalized spacial score (nSPS) is 26.3. The van der Waals surface area contributed by atoms with Crippen LogP contribution in [0.3, 0.4) is 0 Å². The monoisotopic (exact) mass is 290 g/mol. The number of amides is 1. The Morgan fingerprint density at radius 3 is 2.62 bits per heavy atom. The van der Waals surface area contributed by atoms with Gasteiger partial charge in [0, 0.05) is 18.0 Å². The quantitative estimate of drug-likeness (QED) is 0.341. The van der Waals surface area contributed by atoms with Crippen molar-refractivity contribution in [2.24, 2.45) is 16.8 Å². The fourth-order valence-electron chi connectivity index (χ4n) is 2.91. The number of hydrogen-bond acceptors (Lipinski definition) is 4. The summed E-state index contributed by atoms with van der Waals surface area (Å²) in [6, 6.07) is 3.29. The van der Waals surface area contributed by atoms with E-state index < -0.39 is 5.54 Å². The molecule has 2 rings (SSSR count). The molecule has 6 nitrogen and oxygen atoms in total. The average Bonchev–Trinajstić information content (AvgIpc) is 2.55. The minimum Gasteiger partial charge on any atom is -0.409 e. The molecule has 1 aliphatic carbocycles. The number of nitrogens with one attached hydrogen (secondary N) is 1. The van der Waals surface area contributed by atoms with Crippen LogP contribution in [-0.2, 0) is 0 Å². The Bertz CT molecular complexity index is 508. The second-order valence-corrected chi connectivity index (χ2v) is 5.61. The van der Waals surface area contributed by atoms with Crippen molar-refractivity contribution in [3.63, 3.8) is 0 Å². The van der Waals surface area contributed by atoms with Crippen LogP contribution in [0, 0.1) is 5.92 Å². The maximum absolute atomic E-state index is 12.4. The molecule has 1 heterocycles. The number of aromatic nitrogens is 1. The largest absolute Gasteiger partial charge is 0.409 e. The zero-order valence-electron chi connectivity index (χ0n) is 12.2. The Morgan fingerprint density at radius 1 is 1.48 bits per heavy atom. The number of amidine groups is 1. The van der Waals surface area contributed by atoms with Gasteiger partial charge in [0.05, 0.1) is 0 Å². The molecule has 1 aromatic heterocycles. The molecule has 0 spiro atoms. The number of hydrogen-bond donors (Lipinski definition) is 3. The van der Waals surface area contributed by atoms with Crippen molar-refractivity contribution in [1.29, 1.82) is 0 Å². The summed E-state index contributed by atoms with van der Waals surface area (Å²) in [6.45, 7) is 2.16. The van der Waals surface area contributed by atoms with Crippen molar-refractivity contribution >= 4 is 11.7 Å². The molecule has 1 amide bonds. The molecule has 0 unspecified atom stereocenters. The van der Waals surface area contributed by atoms with Crippen molar-refractivity contribution in [2.75, 3.05) is 0 Å². The summed E-state index contributed by atoms with van der Waals surface area (Å²) >= 11 is 0. The van der Waals surface area contributed by atoms with E-state index in [0.717, 1.165) is 19.3 Å². The van der Waals surface area contributed by atoms with Gasteiger partial charge in [0.2, 0.25) is 0 Å². The van der Waals surface area contributed by atoms with Crippen LogP contribution in [0.25, 0.3) is 0 Å². The lowest BCUT2D eigenvalue weighted by atomic mass is 9.74. The number of carbonyl (C=O) groups is 1. The Hall–Kier alpha value is -2.11. The first-order valence-corrected chi connectivity index (χ1v) is 7.32. The molecule has 114 valence electrons. The molecule has 0 aliphatic heterocycles. The number of nitrogens with zero attached hydrogens (tertiary/aromatic N) is 2. The zero-order chi connectivity index (χ0) is 15.3. The third-order valence-electron chi connectivity index (χ3n) is 4.43. The SMILES string of the molecule is CCC1CCC(NC(=O)c2ccncc2)(/C(N)=N/O)CC1. The highest BCUT2D eigenvalue weighted by molar-refractivity contribution is 6.00. The Morgan fingerprint density at radius 2 is 2.10 bits per heavy atom. The highest BCUT2D eigenvalue weighted by Gasteiger charge is 2.40. The third-order valence-corrected chi connectivity index (χ3v) is 4.43. The molecular weight excluding hydrogens is 268 g/mol. The van der Waals surface area contributed by atoms with Gasteiger partial charge in [-0.2, -0.15) is 0 Å². The van der Waals surface area contributed by atoms with Crippen LogP contribution >= 0.6 is 0 Å². The summed E-state index contributed by atoms with van der Waals surface area (Å²) in [5, 5.41) is 15.2. The highest BCUT2D eigenvalue weighted by atomic mass is 16.4. The van der Waals surface area contributed by atoms with Crippen molar-refractivity contribution < 1.29 is 10.0 Å². The van der Waals surface area contributed by atoms with Crippen LogP contribution in [0.4, 0.5) is 0 Å². The summed E-state index contributed by atoms with van der Waals surface area (Å²) in [7, 11) is 0. The maximum Gasteiger partial charge on any atom is 0.252 e. The van der Waals surface area contributed by atoms with Crippen LogP contribution in [0.2, 0.25) is 0 Å². The minimum atomic E-state index is -0.749. The molecule has 1 saturated carbocycles. The molecule has 4 N–H and O–H groups in total. The maximum atomic E-state index is 12.4. The van der Waals surface area contributed by atoms with E-state index in [1.54, 1.807) is 24.5 Å². The van der Waals surface area contributed by atoms with Crippen LogP contribution in [0.15, 0.2) is 29.7 Å². The second kappa shape index (κ2) is 6.56. The number of oxime groups is 1. The van der Waals surface area contributed by atoms with E-state index in [-0.39, 0.29) is 11.7 Å². The molecule has 0 atom stereocenters. The lowest BCUT2D eigenvalue weighted by Gasteiger charge is -2.39. The van der Waals surface area contributed by atoms with Crippen molar-refractivity contribution in [1.82, 2.24) is 10.3 Å². The Balaban J connectivity index is 2.17. The molecule has 6 heteroatoms. The molecule has 0 aromatic carbocycles. The van der Waals surface area contributed by atoms with Gasteiger partial charge in [-0.1, -0.05) is 18.5 Å². The van der Waals surface area contributed by atoms with Gasteiger partial charge in [0.1, 0.15) is 5.54 Å². The van der Waals surface area contributed by atoms with Crippen LogP contribution in [0.5, 0.6) is 0 Å². The minimum absolute atomic E-state index is 0.0828. The first-order valence-electron chi connectivity index (χ1n) is 7.32. The van der Waals surface area contributed by atoms with Gasteiger partial charge in [-0.05, 0) is 43.7 Å². The molecule has 1 fully saturated rings. The summed E-state index contributed by atoms with van der Waals surface area (Å²) in [6.07, 6.45) is 7.56. The zero-order valence-corrected chi connectivity index (χ0v) is 12.2. The van der Waals surface area contributed by atoms with E-state index in [4.69, 9.17) is 10.9 Å². The van der Waals surface area contributed by atoms with E-state index >= 15 is 0 Å². The first-order chi connectivity index (χ1) is 10.1. The molecule has 0 bridgehead atoms. The second-order valence-electron chi connectivity index (χ2n) is 5.61. The van der Waals surface area contributed by atoms with E-state index in [1.165, 1.54) is 0 Å². The first kappa shape index (κ1) is 15.3. The summed E-state index contributed by atoms with van der Waals surface area (Å²) < 4.78 is 0. The van der Waals surface area contributed by atoms with Crippen molar-refractivity contribution in [3.05, 3.63) is 30.1 Å². The van der Waals surface area contributed by atoms with Gasteiger partial charge in [-0.15, -0.1) is 0 Å². The standard InChI is InChI=1S/C15H22N4O2/c1-2-11-3-7-15(8-4-11,14(16)19-21)18-13(20)12-5-9-17-10-6-12/h5-6,9-11,21H,2-4,7-8H2,1H3,(H2,16,19)(H,18,20). The van der Waals surface area contributed by atoms with Gasteiger partial charge in [-0.3, -0.25) is 9.78 Å². The molecule has 1 aromatic rings. The Kier molecular flexibility index (Phi) is 4.77. The van der Waals surface area contributed by atoms with E-state index in [2.05, 4.69) is 22.4 Å². The van der Waals surface area contributed by atoms with E-state index in [9.17, 15) is 4.79 Å². The predicted molar refractivity (Wildman–Crippen MR) is 80.1 cm³/mol. The van der Waals surface area contributed by atoms with Crippen LogP contribution in [0.1, 0.15) is 49.4 Å². The van der Waals surface area contributed by atoms with Crippen LogP contribution < -0.4 is 11.1 Å². The summed E-state index contributed by atoms with van der Waals surface area (Å²) in [5.41, 5.74) is 5.64. The molecule has 0 saturated heterocycles. The Labute approximate surface area is 124 Å². The van der Waals surface area contributed by atoms with E-state index in [1.807, 2.05) is 0 Å². The molecule has 0 radical (unpaired) electrons. The van der Waals surface area contributed by atoms with Crippen molar-refractivity contribution in [3.8, 4) is 0 Å².